The Hall–Kier alpha value is -1.06. The Balaban J connectivity index is 1.63. The van der Waals surface area contributed by atoms with Crippen molar-refractivity contribution in [3.05, 3.63) is 0 Å². The first-order chi connectivity index (χ1) is 7.27. The molecule has 84 valence electrons. The fraction of sp³-hybridized carbons (Fsp3) is 0.818. The van der Waals surface area contributed by atoms with Crippen LogP contribution in [0.2, 0.25) is 0 Å². The summed E-state index contributed by atoms with van der Waals surface area (Å²) in [5.41, 5.74) is 0. The molecule has 0 aromatic heterocycles. The van der Waals surface area contributed by atoms with Crippen molar-refractivity contribution in [2.24, 2.45) is 5.92 Å². The number of hydrogen-bond acceptors (Lipinski definition) is 2. The number of nitrogens with zero attached hydrogens (tertiary/aromatic N) is 1. The van der Waals surface area contributed by atoms with Crippen LogP contribution in [0.3, 0.4) is 0 Å². The van der Waals surface area contributed by atoms with E-state index in [2.05, 4.69) is 10.2 Å². The molecule has 2 N–H and O–H groups in total. The van der Waals surface area contributed by atoms with Gasteiger partial charge in [0.05, 0.1) is 5.84 Å². The van der Waals surface area contributed by atoms with Crippen molar-refractivity contribution in [2.45, 2.75) is 32.1 Å². The number of piperidine rings is 1. The molecule has 15 heavy (non-hydrogen) atoms. The third kappa shape index (κ3) is 2.94. The van der Waals surface area contributed by atoms with Crippen molar-refractivity contribution in [1.29, 1.82) is 5.41 Å². The van der Waals surface area contributed by atoms with Crippen LogP contribution in [0.25, 0.3) is 0 Å². The van der Waals surface area contributed by atoms with Crippen LogP contribution in [-0.2, 0) is 4.79 Å². The van der Waals surface area contributed by atoms with Crippen molar-refractivity contribution in [2.75, 3.05) is 19.6 Å². The van der Waals surface area contributed by atoms with Gasteiger partial charge in [0.1, 0.15) is 0 Å². The molecular formula is C11H19N3O. The maximum absolute atomic E-state index is 11.3. The van der Waals surface area contributed by atoms with Crippen LogP contribution in [0.4, 0.5) is 0 Å². The minimum absolute atomic E-state index is 0.207. The van der Waals surface area contributed by atoms with E-state index in [0.717, 1.165) is 44.6 Å². The number of hydrogen-bond donors (Lipinski definition) is 2. The lowest BCUT2D eigenvalue weighted by Crippen LogP contribution is -2.41. The lowest BCUT2D eigenvalue weighted by Gasteiger charge is -2.29. The molecule has 1 heterocycles. The molecule has 0 atom stereocenters. The summed E-state index contributed by atoms with van der Waals surface area (Å²) in [6.07, 6.45) is 5.34. The number of rotatable bonds is 4. The van der Waals surface area contributed by atoms with Crippen molar-refractivity contribution in [1.82, 2.24) is 10.2 Å². The van der Waals surface area contributed by atoms with Crippen molar-refractivity contribution in [3.8, 4) is 0 Å². The topological polar surface area (TPSA) is 56.2 Å². The standard InChI is InChI=1S/C11H19N3O/c12-10-3-1-2-7-14(10)8-6-13-11(15)9-4-5-9/h9,12H,1-8H2,(H,13,15). The molecule has 2 fully saturated rings. The van der Waals surface area contributed by atoms with Crippen LogP contribution in [0.5, 0.6) is 0 Å². The smallest absolute Gasteiger partial charge is 0.223 e. The Morgan fingerprint density at radius 3 is 2.93 bits per heavy atom. The number of nitrogens with one attached hydrogen (secondary N) is 2. The van der Waals surface area contributed by atoms with Crippen LogP contribution in [-0.4, -0.2) is 36.3 Å². The van der Waals surface area contributed by atoms with Crippen molar-refractivity contribution in [3.63, 3.8) is 0 Å². The SMILES string of the molecule is N=C1CCCCN1CCNC(=O)C1CC1. The lowest BCUT2D eigenvalue weighted by atomic mass is 10.1. The molecule has 1 amide bonds. The van der Waals surface area contributed by atoms with Gasteiger partial charge in [-0.3, -0.25) is 10.2 Å². The van der Waals surface area contributed by atoms with Gasteiger partial charge >= 0.3 is 0 Å². The second-order valence-corrected chi connectivity index (χ2v) is 4.46. The average molecular weight is 209 g/mol. The summed E-state index contributed by atoms with van der Waals surface area (Å²) in [6.45, 7) is 2.48. The molecule has 1 aliphatic carbocycles. The van der Waals surface area contributed by atoms with Gasteiger partial charge < -0.3 is 10.2 Å². The van der Waals surface area contributed by atoms with E-state index >= 15 is 0 Å². The molecule has 0 unspecified atom stereocenters. The van der Waals surface area contributed by atoms with Gasteiger partial charge in [0, 0.05) is 32.0 Å². The molecule has 0 bridgehead atoms. The van der Waals surface area contributed by atoms with E-state index in [-0.39, 0.29) is 5.91 Å². The minimum Gasteiger partial charge on any atom is -0.359 e. The number of amidine groups is 1. The molecule has 2 rings (SSSR count). The van der Waals surface area contributed by atoms with Gasteiger partial charge in [-0.25, -0.2) is 0 Å². The average Bonchev–Trinajstić information content (AvgIpc) is 3.04. The van der Waals surface area contributed by atoms with E-state index in [1.165, 1.54) is 6.42 Å². The molecule has 0 aromatic rings. The summed E-state index contributed by atoms with van der Waals surface area (Å²) in [5.74, 6) is 1.24. The van der Waals surface area contributed by atoms with E-state index in [0.29, 0.717) is 12.5 Å². The monoisotopic (exact) mass is 209 g/mol. The van der Waals surface area contributed by atoms with E-state index < -0.39 is 0 Å². The molecule has 1 saturated heterocycles. The van der Waals surface area contributed by atoms with Gasteiger partial charge in [0.25, 0.3) is 0 Å². The lowest BCUT2D eigenvalue weighted by molar-refractivity contribution is -0.122. The van der Waals surface area contributed by atoms with Gasteiger partial charge in [0.15, 0.2) is 0 Å². The van der Waals surface area contributed by atoms with Gasteiger partial charge in [-0.15, -0.1) is 0 Å². The van der Waals surface area contributed by atoms with Gasteiger partial charge in [-0.05, 0) is 25.7 Å². The predicted molar refractivity (Wildman–Crippen MR) is 58.9 cm³/mol. The zero-order chi connectivity index (χ0) is 10.7. The molecule has 4 nitrogen and oxygen atoms in total. The first-order valence-corrected chi connectivity index (χ1v) is 5.87. The second kappa shape index (κ2) is 4.64. The van der Waals surface area contributed by atoms with Gasteiger partial charge in [-0.2, -0.15) is 0 Å². The highest BCUT2D eigenvalue weighted by Crippen LogP contribution is 2.28. The summed E-state index contributed by atoms with van der Waals surface area (Å²) in [5, 5.41) is 10.7. The Labute approximate surface area is 90.5 Å². The van der Waals surface area contributed by atoms with Gasteiger partial charge in [-0.1, -0.05) is 0 Å². The fourth-order valence-corrected chi connectivity index (χ4v) is 1.94. The quantitative estimate of drug-likeness (QED) is 0.725. The van der Waals surface area contributed by atoms with E-state index in [4.69, 9.17) is 5.41 Å². The molecule has 0 radical (unpaired) electrons. The Morgan fingerprint density at radius 2 is 2.27 bits per heavy atom. The Kier molecular flexibility index (Phi) is 3.23. The van der Waals surface area contributed by atoms with E-state index in [1.54, 1.807) is 0 Å². The predicted octanol–water partition coefficient (Wildman–Crippen LogP) is 0.976. The first-order valence-electron chi connectivity index (χ1n) is 5.87. The maximum Gasteiger partial charge on any atom is 0.223 e. The first kappa shape index (κ1) is 10.5. The molecule has 0 aromatic carbocycles. The molecule has 0 spiro atoms. The number of carbonyl (C=O) groups is 1. The Morgan fingerprint density at radius 1 is 1.47 bits per heavy atom. The Bertz CT molecular complexity index is 261. The van der Waals surface area contributed by atoms with E-state index in [1.807, 2.05) is 0 Å². The largest absolute Gasteiger partial charge is 0.359 e. The zero-order valence-corrected chi connectivity index (χ0v) is 9.09. The highest BCUT2D eigenvalue weighted by Gasteiger charge is 2.29. The minimum atomic E-state index is 0.207. The van der Waals surface area contributed by atoms with Crippen LogP contribution in [0.15, 0.2) is 0 Å². The molecule has 1 aliphatic heterocycles. The highest BCUT2D eigenvalue weighted by molar-refractivity contribution is 5.81. The summed E-state index contributed by atoms with van der Waals surface area (Å²) < 4.78 is 0. The second-order valence-electron chi connectivity index (χ2n) is 4.46. The molecular weight excluding hydrogens is 190 g/mol. The van der Waals surface area contributed by atoms with Crippen LogP contribution in [0.1, 0.15) is 32.1 Å². The number of amides is 1. The normalized spacial score (nSPS) is 21.6. The number of likely N-dealkylation sites (tertiary alicyclic amines) is 1. The van der Waals surface area contributed by atoms with Crippen molar-refractivity contribution < 1.29 is 4.79 Å². The third-order valence-electron chi connectivity index (χ3n) is 3.10. The van der Waals surface area contributed by atoms with E-state index in [9.17, 15) is 4.79 Å². The van der Waals surface area contributed by atoms with Gasteiger partial charge in [0.2, 0.25) is 5.91 Å². The third-order valence-corrected chi connectivity index (χ3v) is 3.10. The highest BCUT2D eigenvalue weighted by atomic mass is 16.2. The van der Waals surface area contributed by atoms with Crippen LogP contribution in [0, 0.1) is 11.3 Å². The summed E-state index contributed by atoms with van der Waals surface area (Å²) in [7, 11) is 0. The van der Waals surface area contributed by atoms with Crippen molar-refractivity contribution >= 4 is 11.7 Å². The van der Waals surface area contributed by atoms with Crippen LogP contribution >= 0.6 is 0 Å². The molecule has 1 saturated carbocycles. The van der Waals surface area contributed by atoms with Crippen LogP contribution < -0.4 is 5.32 Å². The maximum atomic E-state index is 11.3. The summed E-state index contributed by atoms with van der Waals surface area (Å²) in [6, 6.07) is 0. The fourth-order valence-electron chi connectivity index (χ4n) is 1.94. The molecule has 2 aliphatic rings. The summed E-state index contributed by atoms with van der Waals surface area (Å²) in [4.78, 5) is 13.4. The molecule has 4 heteroatoms. The number of carbonyl (C=O) groups excluding carboxylic acids is 1. The zero-order valence-electron chi connectivity index (χ0n) is 9.09. The summed E-state index contributed by atoms with van der Waals surface area (Å²) >= 11 is 0.